The molecule has 10 heteroatoms. The van der Waals surface area contributed by atoms with Gasteiger partial charge in [-0.25, -0.2) is 13.1 Å². The normalized spacial score (nSPS) is 19.6. The molecule has 0 amide bonds. The van der Waals surface area contributed by atoms with Gasteiger partial charge in [0, 0.05) is 42.2 Å². The van der Waals surface area contributed by atoms with Gasteiger partial charge in [-0.05, 0) is 48.0 Å². The summed E-state index contributed by atoms with van der Waals surface area (Å²) < 4.78 is 38.8. The number of fused-ring (bicyclic) bond motifs is 1. The highest BCUT2D eigenvalue weighted by Gasteiger charge is 2.30. The Kier molecular flexibility index (Phi) is 9.33. The van der Waals surface area contributed by atoms with E-state index in [0.717, 1.165) is 23.3 Å². The van der Waals surface area contributed by atoms with Crippen LogP contribution in [0.15, 0.2) is 57.0 Å². The van der Waals surface area contributed by atoms with Crippen molar-refractivity contribution in [3.05, 3.63) is 57.6 Å². The summed E-state index contributed by atoms with van der Waals surface area (Å²) in [5.41, 5.74) is 8.23. The van der Waals surface area contributed by atoms with E-state index in [0.29, 0.717) is 43.0 Å². The van der Waals surface area contributed by atoms with Crippen molar-refractivity contribution in [2.45, 2.75) is 4.90 Å². The molecular formula is C22H29Cl2N3O4S. The molecule has 3 rings (SSSR count). The molecule has 32 heavy (non-hydrogen) atoms. The third kappa shape index (κ3) is 6.65. The fourth-order valence-corrected chi connectivity index (χ4v) is 5.39. The second kappa shape index (κ2) is 11.8. The molecule has 0 fully saturated rings. The maximum absolute atomic E-state index is 12.8. The summed E-state index contributed by atoms with van der Waals surface area (Å²) in [7, 11) is -1.66. The van der Waals surface area contributed by atoms with Crippen molar-refractivity contribution in [3.63, 3.8) is 0 Å². The van der Waals surface area contributed by atoms with Gasteiger partial charge in [0.05, 0.1) is 31.3 Å². The van der Waals surface area contributed by atoms with Crippen LogP contribution >= 0.6 is 23.2 Å². The number of hydrogen-bond donors (Lipinski definition) is 2. The average molecular weight is 502 g/mol. The van der Waals surface area contributed by atoms with Crippen LogP contribution in [0.4, 0.5) is 0 Å². The van der Waals surface area contributed by atoms with Gasteiger partial charge in [-0.3, -0.25) is 0 Å². The molecule has 2 aliphatic rings. The first-order valence-corrected chi connectivity index (χ1v) is 12.7. The first-order valence-electron chi connectivity index (χ1n) is 10.4. The standard InChI is InChI=1S/C22H29Cl2N3O4S/c1-27-14-20(19-12-17(23)13-22(24)21(19)15-27)16-3-2-4-18(11-16)32(28,29)26-6-8-31-10-9-30-7-5-25/h2-4,11-13,21,26H,5-10,14-15,25H2,1H3. The summed E-state index contributed by atoms with van der Waals surface area (Å²) in [6.45, 7) is 3.63. The summed E-state index contributed by atoms with van der Waals surface area (Å²) in [4.78, 5) is 2.37. The molecular weight excluding hydrogens is 473 g/mol. The zero-order chi connectivity index (χ0) is 23.1. The number of nitrogens with zero attached hydrogens (tertiary/aromatic N) is 1. The molecule has 0 saturated carbocycles. The van der Waals surface area contributed by atoms with E-state index in [2.05, 4.69) is 9.62 Å². The fraction of sp³-hybridized carbons (Fsp3) is 0.455. The van der Waals surface area contributed by atoms with Crippen LogP contribution in [0.1, 0.15) is 5.56 Å². The molecule has 0 radical (unpaired) electrons. The van der Waals surface area contributed by atoms with Crippen molar-refractivity contribution in [1.29, 1.82) is 0 Å². The van der Waals surface area contributed by atoms with Crippen LogP contribution in [0.25, 0.3) is 5.57 Å². The van der Waals surface area contributed by atoms with Gasteiger partial charge in [-0.2, -0.15) is 0 Å². The summed E-state index contributed by atoms with van der Waals surface area (Å²) in [5.74, 6) is 0.0253. The fourth-order valence-electron chi connectivity index (χ4n) is 3.74. The molecule has 0 bridgehead atoms. The first kappa shape index (κ1) is 25.4. The van der Waals surface area contributed by atoms with Crippen LogP contribution in [-0.4, -0.2) is 73.0 Å². The highest BCUT2D eigenvalue weighted by atomic mass is 35.5. The Morgan fingerprint density at radius 1 is 1.16 bits per heavy atom. The number of sulfonamides is 1. The molecule has 1 aliphatic carbocycles. The number of hydrogen-bond acceptors (Lipinski definition) is 6. The van der Waals surface area contributed by atoms with Crippen LogP contribution in [0.5, 0.6) is 0 Å². The maximum Gasteiger partial charge on any atom is 0.240 e. The van der Waals surface area contributed by atoms with Crippen LogP contribution < -0.4 is 10.5 Å². The predicted octanol–water partition coefficient (Wildman–Crippen LogP) is 2.53. The monoisotopic (exact) mass is 501 g/mol. The number of ether oxygens (including phenoxy) is 2. The van der Waals surface area contributed by atoms with Crippen LogP contribution in [0, 0.1) is 5.92 Å². The summed E-state index contributed by atoms with van der Waals surface area (Å²) >= 11 is 12.7. The van der Waals surface area contributed by atoms with E-state index in [9.17, 15) is 8.42 Å². The number of likely N-dealkylation sites (N-methyl/N-ethyl adjacent to an activating group) is 1. The molecule has 1 aromatic rings. The highest BCUT2D eigenvalue weighted by Crippen LogP contribution is 2.40. The van der Waals surface area contributed by atoms with Crippen molar-refractivity contribution in [2.24, 2.45) is 11.7 Å². The Morgan fingerprint density at radius 3 is 2.66 bits per heavy atom. The van der Waals surface area contributed by atoms with Gasteiger partial charge >= 0.3 is 0 Å². The summed E-state index contributed by atoms with van der Waals surface area (Å²) in [6.07, 6.45) is 3.69. The molecule has 1 aromatic carbocycles. The van der Waals surface area contributed by atoms with E-state index in [1.807, 2.05) is 19.2 Å². The lowest BCUT2D eigenvalue weighted by molar-refractivity contribution is 0.0530. The molecule has 0 saturated heterocycles. The minimum atomic E-state index is -3.68. The molecule has 3 N–H and O–H groups in total. The molecule has 1 aliphatic heterocycles. The Balaban J connectivity index is 1.71. The average Bonchev–Trinajstić information content (AvgIpc) is 2.76. The predicted molar refractivity (Wildman–Crippen MR) is 128 cm³/mol. The van der Waals surface area contributed by atoms with Crippen molar-refractivity contribution >= 4 is 38.8 Å². The third-order valence-corrected chi connectivity index (χ3v) is 7.26. The third-order valence-electron chi connectivity index (χ3n) is 5.21. The minimum absolute atomic E-state index is 0.0253. The number of nitrogens with one attached hydrogen (secondary N) is 1. The number of halogens is 2. The molecule has 0 aromatic heterocycles. The van der Waals surface area contributed by atoms with Gasteiger partial charge < -0.3 is 20.1 Å². The van der Waals surface area contributed by atoms with E-state index in [1.54, 1.807) is 24.3 Å². The van der Waals surface area contributed by atoms with E-state index in [-0.39, 0.29) is 24.0 Å². The largest absolute Gasteiger partial charge is 0.378 e. The SMILES string of the molecule is CN1CC(c2cccc(S(=O)(=O)NCCOCCOCCN)c2)=C2C=C(Cl)C=C(Cl)C2C1. The Hall–Kier alpha value is -1.23. The zero-order valence-corrected chi connectivity index (χ0v) is 20.3. The lowest BCUT2D eigenvalue weighted by Crippen LogP contribution is -2.34. The van der Waals surface area contributed by atoms with E-state index >= 15 is 0 Å². The summed E-state index contributed by atoms with van der Waals surface area (Å²) in [6, 6.07) is 6.93. The molecule has 1 heterocycles. The van der Waals surface area contributed by atoms with Crippen LogP contribution in [-0.2, 0) is 19.5 Å². The molecule has 0 spiro atoms. The molecule has 1 unspecified atom stereocenters. The maximum atomic E-state index is 12.8. The highest BCUT2D eigenvalue weighted by molar-refractivity contribution is 7.89. The summed E-state index contributed by atoms with van der Waals surface area (Å²) in [5, 5.41) is 1.26. The van der Waals surface area contributed by atoms with E-state index in [4.69, 9.17) is 38.4 Å². The molecule has 7 nitrogen and oxygen atoms in total. The zero-order valence-electron chi connectivity index (χ0n) is 18.0. The molecule has 176 valence electrons. The van der Waals surface area contributed by atoms with Crippen LogP contribution in [0.3, 0.4) is 0 Å². The van der Waals surface area contributed by atoms with Crippen LogP contribution in [0.2, 0.25) is 0 Å². The Labute approximate surface area is 199 Å². The number of rotatable bonds is 11. The lowest BCUT2D eigenvalue weighted by atomic mass is 9.84. The Morgan fingerprint density at radius 2 is 1.91 bits per heavy atom. The van der Waals surface area contributed by atoms with Crippen molar-refractivity contribution in [2.75, 3.05) is 59.7 Å². The molecule has 1 atom stereocenters. The van der Waals surface area contributed by atoms with E-state index < -0.39 is 10.0 Å². The van der Waals surface area contributed by atoms with Crippen molar-refractivity contribution in [3.8, 4) is 0 Å². The van der Waals surface area contributed by atoms with Gasteiger partial charge in [0.1, 0.15) is 0 Å². The van der Waals surface area contributed by atoms with Gasteiger partial charge in [0.2, 0.25) is 10.0 Å². The van der Waals surface area contributed by atoms with Gasteiger partial charge in [0.15, 0.2) is 0 Å². The second-order valence-corrected chi connectivity index (χ2v) is 10.3. The van der Waals surface area contributed by atoms with E-state index in [1.165, 1.54) is 0 Å². The first-order chi connectivity index (χ1) is 15.3. The quantitative estimate of drug-likeness (QED) is 0.452. The Bertz CT molecular complexity index is 1010. The van der Waals surface area contributed by atoms with Gasteiger partial charge in [-0.15, -0.1) is 0 Å². The minimum Gasteiger partial charge on any atom is -0.378 e. The topological polar surface area (TPSA) is 93.9 Å². The number of benzene rings is 1. The van der Waals surface area contributed by atoms with Gasteiger partial charge in [-0.1, -0.05) is 35.3 Å². The lowest BCUT2D eigenvalue weighted by Gasteiger charge is -2.35. The van der Waals surface area contributed by atoms with Crippen molar-refractivity contribution in [1.82, 2.24) is 9.62 Å². The second-order valence-electron chi connectivity index (χ2n) is 7.68. The van der Waals surface area contributed by atoms with Crippen molar-refractivity contribution < 1.29 is 17.9 Å². The smallest absolute Gasteiger partial charge is 0.240 e. The van der Waals surface area contributed by atoms with Gasteiger partial charge in [0.25, 0.3) is 0 Å². The number of nitrogens with two attached hydrogens (primary N) is 1. The number of allylic oxidation sites excluding steroid dienone is 3.